The van der Waals surface area contributed by atoms with E-state index in [9.17, 15) is 9.18 Å². The lowest BCUT2D eigenvalue weighted by Crippen LogP contribution is -2.11. The first kappa shape index (κ1) is 10.6. The van der Waals surface area contributed by atoms with Crippen LogP contribution < -0.4 is 0 Å². The van der Waals surface area contributed by atoms with Gasteiger partial charge in [-0.05, 0) is 6.42 Å². The van der Waals surface area contributed by atoms with Gasteiger partial charge in [-0.2, -0.15) is 0 Å². The number of carboxylic acids is 1. The average molecular weight is 143 g/mol. The van der Waals surface area contributed by atoms with Gasteiger partial charge in [0.05, 0.1) is 0 Å². The van der Waals surface area contributed by atoms with Gasteiger partial charge in [0.15, 0.2) is 6.17 Å². The molecule has 0 aliphatic rings. The van der Waals surface area contributed by atoms with Gasteiger partial charge < -0.3 is 5.11 Å². The van der Waals surface area contributed by atoms with E-state index in [0.29, 0.717) is 0 Å². The summed E-state index contributed by atoms with van der Waals surface area (Å²) in [5.74, 6) is -1.37. The summed E-state index contributed by atoms with van der Waals surface area (Å²) in [6, 6.07) is 0. The Balaban J connectivity index is 0. The highest BCUT2D eigenvalue weighted by atomic mass is 35.5. The molecule has 0 amide bonds. The normalized spacial score (nSPS) is 11.8. The Morgan fingerprint density at radius 3 is 2.25 bits per heavy atom. The van der Waals surface area contributed by atoms with Crippen molar-refractivity contribution in [2.24, 2.45) is 0 Å². The Morgan fingerprint density at radius 2 is 2.25 bits per heavy atom. The average Bonchev–Trinajstić information content (AvgIpc) is 1.65. The van der Waals surface area contributed by atoms with Crippen molar-refractivity contribution in [3.63, 3.8) is 0 Å². The number of hydrogen-bond donors (Lipinski definition) is 1. The van der Waals surface area contributed by atoms with Crippen LogP contribution in [-0.2, 0) is 4.79 Å². The fraction of sp³-hybridized carbons (Fsp3) is 0.750. The van der Waals surface area contributed by atoms with Crippen LogP contribution in [-0.4, -0.2) is 17.2 Å². The van der Waals surface area contributed by atoms with E-state index < -0.39 is 12.1 Å². The van der Waals surface area contributed by atoms with E-state index in [1.54, 1.807) is 0 Å². The molecule has 0 aromatic carbocycles. The minimum absolute atomic E-state index is 0. The van der Waals surface area contributed by atoms with Gasteiger partial charge >= 0.3 is 5.97 Å². The Kier molecular flexibility index (Phi) is 6.43. The maximum Gasteiger partial charge on any atom is 0.338 e. The van der Waals surface area contributed by atoms with E-state index in [1.165, 1.54) is 6.92 Å². The Bertz CT molecular complexity index is 76.4. The van der Waals surface area contributed by atoms with Crippen LogP contribution in [0.5, 0.6) is 0 Å². The fourth-order valence-corrected chi connectivity index (χ4v) is 0.175. The second-order valence-electron chi connectivity index (χ2n) is 1.21. The van der Waals surface area contributed by atoms with Crippen LogP contribution in [0.1, 0.15) is 13.3 Å². The number of carbonyl (C=O) groups is 1. The number of rotatable bonds is 2. The predicted octanol–water partition coefficient (Wildman–Crippen LogP) is 1.24. The van der Waals surface area contributed by atoms with Crippen molar-refractivity contribution in [2.75, 3.05) is 0 Å². The molecule has 0 heterocycles. The van der Waals surface area contributed by atoms with Gasteiger partial charge in [0, 0.05) is 0 Å². The van der Waals surface area contributed by atoms with E-state index in [0.717, 1.165) is 0 Å². The van der Waals surface area contributed by atoms with Crippen LogP contribution in [0.15, 0.2) is 0 Å². The first-order chi connectivity index (χ1) is 3.18. The lowest BCUT2D eigenvalue weighted by Gasteiger charge is -1.92. The van der Waals surface area contributed by atoms with Gasteiger partial charge in [-0.3, -0.25) is 0 Å². The Hall–Kier alpha value is -0.310. The minimum atomic E-state index is -1.68. The third-order valence-corrected chi connectivity index (χ3v) is 0.626. The first-order valence-corrected chi connectivity index (χ1v) is 2.05. The topological polar surface area (TPSA) is 37.3 Å². The number of alkyl halides is 1. The summed E-state index contributed by atoms with van der Waals surface area (Å²) in [5, 5.41) is 7.81. The second-order valence-corrected chi connectivity index (χ2v) is 1.21. The molecule has 1 atom stereocenters. The van der Waals surface area contributed by atoms with Crippen LogP contribution in [0.4, 0.5) is 4.39 Å². The monoisotopic (exact) mass is 142 g/mol. The summed E-state index contributed by atoms with van der Waals surface area (Å²) < 4.78 is 11.7. The standard InChI is InChI=1S/C4H7FO2.ClH/c1-2-3(5)4(6)7;/h3H,2H2,1H3,(H,6,7);1H. The number of halogens is 2. The third-order valence-electron chi connectivity index (χ3n) is 0.626. The van der Waals surface area contributed by atoms with Crippen molar-refractivity contribution in [3.05, 3.63) is 0 Å². The van der Waals surface area contributed by atoms with Gasteiger partial charge in [-0.15, -0.1) is 12.4 Å². The molecule has 4 heteroatoms. The van der Waals surface area contributed by atoms with E-state index >= 15 is 0 Å². The maximum absolute atomic E-state index is 11.7. The zero-order valence-corrected chi connectivity index (χ0v) is 5.24. The van der Waals surface area contributed by atoms with Crippen LogP contribution in [0.2, 0.25) is 0 Å². The van der Waals surface area contributed by atoms with E-state index in [4.69, 9.17) is 5.11 Å². The largest absolute Gasteiger partial charge is 0.479 e. The minimum Gasteiger partial charge on any atom is -0.479 e. The summed E-state index contributed by atoms with van der Waals surface area (Å²) in [5.41, 5.74) is 0. The van der Waals surface area contributed by atoms with Crippen molar-refractivity contribution in [2.45, 2.75) is 19.5 Å². The van der Waals surface area contributed by atoms with E-state index in [1.807, 2.05) is 0 Å². The molecule has 0 aliphatic carbocycles. The van der Waals surface area contributed by atoms with Gasteiger partial charge in [0.1, 0.15) is 0 Å². The highest BCUT2D eigenvalue weighted by Crippen LogP contribution is 1.93. The Labute approximate surface area is 53.1 Å². The second kappa shape index (κ2) is 4.84. The van der Waals surface area contributed by atoms with Crippen LogP contribution >= 0.6 is 12.4 Å². The molecule has 0 aromatic heterocycles. The summed E-state index contributed by atoms with van der Waals surface area (Å²) >= 11 is 0. The van der Waals surface area contributed by atoms with E-state index in [2.05, 4.69) is 0 Å². The molecule has 1 unspecified atom stereocenters. The molecule has 0 aliphatic heterocycles. The zero-order chi connectivity index (χ0) is 5.86. The summed E-state index contributed by atoms with van der Waals surface area (Å²) in [7, 11) is 0. The van der Waals surface area contributed by atoms with Gasteiger partial charge in [-0.25, -0.2) is 9.18 Å². The van der Waals surface area contributed by atoms with Gasteiger partial charge in [-0.1, -0.05) is 6.92 Å². The zero-order valence-electron chi connectivity index (χ0n) is 4.43. The molecular weight excluding hydrogens is 134 g/mol. The fourth-order valence-electron chi connectivity index (χ4n) is 0.175. The molecule has 0 saturated carbocycles. The SMILES string of the molecule is CCC(F)C(=O)O.Cl. The highest BCUT2D eigenvalue weighted by molar-refractivity contribution is 5.85. The summed E-state index contributed by atoms with van der Waals surface area (Å²) in [4.78, 5) is 9.56. The molecular formula is C4H8ClFO2. The van der Waals surface area contributed by atoms with Crippen molar-refractivity contribution in [3.8, 4) is 0 Å². The van der Waals surface area contributed by atoms with Gasteiger partial charge in [0.25, 0.3) is 0 Å². The van der Waals surface area contributed by atoms with Crippen molar-refractivity contribution in [1.29, 1.82) is 0 Å². The molecule has 0 aromatic rings. The quantitative estimate of drug-likeness (QED) is 0.630. The third kappa shape index (κ3) is 3.87. The molecule has 1 N–H and O–H groups in total. The number of carboxylic acid groups (broad SMARTS) is 1. The smallest absolute Gasteiger partial charge is 0.338 e. The van der Waals surface area contributed by atoms with Crippen molar-refractivity contribution < 1.29 is 14.3 Å². The summed E-state index contributed by atoms with van der Waals surface area (Å²) in [6.45, 7) is 1.48. The number of hydrogen-bond acceptors (Lipinski definition) is 1. The van der Waals surface area contributed by atoms with Crippen LogP contribution in [0.25, 0.3) is 0 Å². The van der Waals surface area contributed by atoms with Crippen molar-refractivity contribution >= 4 is 18.4 Å². The van der Waals surface area contributed by atoms with E-state index in [-0.39, 0.29) is 18.8 Å². The Morgan fingerprint density at radius 1 is 1.88 bits per heavy atom. The van der Waals surface area contributed by atoms with Gasteiger partial charge in [0.2, 0.25) is 0 Å². The van der Waals surface area contributed by atoms with Crippen molar-refractivity contribution in [1.82, 2.24) is 0 Å². The highest BCUT2D eigenvalue weighted by Gasteiger charge is 2.10. The lowest BCUT2D eigenvalue weighted by atomic mass is 10.3. The predicted molar refractivity (Wildman–Crippen MR) is 30.1 cm³/mol. The molecule has 0 bridgehead atoms. The molecule has 0 spiro atoms. The molecule has 0 rings (SSSR count). The first-order valence-electron chi connectivity index (χ1n) is 2.05. The molecule has 8 heavy (non-hydrogen) atoms. The molecule has 50 valence electrons. The maximum atomic E-state index is 11.7. The number of aliphatic carboxylic acids is 1. The van der Waals surface area contributed by atoms with Crippen LogP contribution in [0.3, 0.4) is 0 Å². The molecule has 0 fully saturated rings. The van der Waals surface area contributed by atoms with Crippen LogP contribution in [0, 0.1) is 0 Å². The summed E-state index contributed by atoms with van der Waals surface area (Å²) in [6.07, 6.45) is -1.63. The molecule has 2 nitrogen and oxygen atoms in total. The molecule has 0 radical (unpaired) electrons. The lowest BCUT2D eigenvalue weighted by molar-refractivity contribution is -0.142. The molecule has 0 saturated heterocycles.